The molecule has 1 aliphatic rings. The van der Waals surface area contributed by atoms with E-state index in [9.17, 15) is 0 Å². The fourth-order valence-electron chi connectivity index (χ4n) is 3.84. The molecule has 1 heterocycles. The van der Waals surface area contributed by atoms with Crippen molar-refractivity contribution in [2.75, 3.05) is 12.0 Å². The van der Waals surface area contributed by atoms with E-state index in [2.05, 4.69) is 146 Å². The number of anilines is 1. The molecule has 0 saturated heterocycles. The van der Waals surface area contributed by atoms with Crippen LogP contribution < -0.4 is 4.90 Å². The summed E-state index contributed by atoms with van der Waals surface area (Å²) < 4.78 is 44.0. The Morgan fingerprint density at radius 2 is 1.29 bits per heavy atom. The molecule has 7 nitrogen and oxygen atoms in total. The summed E-state index contributed by atoms with van der Waals surface area (Å²) in [5.41, 5.74) is 7.42. The van der Waals surface area contributed by atoms with Crippen molar-refractivity contribution in [1.82, 2.24) is 0 Å². The summed E-state index contributed by atoms with van der Waals surface area (Å²) in [5.74, 6) is 0. The first kappa shape index (κ1) is 36.4. The topological polar surface area (TPSA) is 112 Å². The van der Waals surface area contributed by atoms with E-state index < -0.39 is 0 Å². The zero-order chi connectivity index (χ0) is 29.5. The molecule has 38 heavy (non-hydrogen) atoms. The van der Waals surface area contributed by atoms with Gasteiger partial charge in [-0.2, -0.15) is 0 Å². The molecule has 0 bridgehead atoms. The Morgan fingerprint density at radius 3 is 1.79 bits per heavy atom. The Balaban J connectivity index is 0. The molecule has 0 radical (unpaired) electrons. The molecule has 0 spiro atoms. The van der Waals surface area contributed by atoms with Crippen molar-refractivity contribution in [2.24, 2.45) is 0 Å². The van der Waals surface area contributed by atoms with E-state index >= 15 is 0 Å². The van der Waals surface area contributed by atoms with Crippen LogP contribution in [-0.2, 0) is 50.4 Å². The van der Waals surface area contributed by atoms with Gasteiger partial charge in [0.25, 0.3) is 0 Å². The van der Waals surface area contributed by atoms with Crippen LogP contribution in [0.2, 0.25) is 0 Å². The zero-order valence-electron chi connectivity index (χ0n) is 20.7. The van der Waals surface area contributed by atoms with Gasteiger partial charge in [-0.25, -0.2) is 0 Å². The molecule has 0 saturated carbocycles. The van der Waals surface area contributed by atoms with Gasteiger partial charge >= 0.3 is 232 Å². The van der Waals surface area contributed by atoms with Crippen LogP contribution in [0.25, 0.3) is 6.08 Å². The number of benzene rings is 3. The maximum absolute atomic E-state index is 7.50. The standard InChI is InChI=1S/C25H23NO.5CO.Cr/c1-19-13-14-24-22(15-19)16-23(18-27-2)25(21-11-7-4-8-12-21)26(24)17-20-9-5-3-6-10-20;5*1-2;/h3-16,25H,17H2,1-2H3;;;;;;. The number of nitrogens with zero attached hydrogens (tertiary/aromatic N) is 1. The summed E-state index contributed by atoms with van der Waals surface area (Å²) in [6.07, 6.45) is 2.26. The average Bonchev–Trinajstić information content (AvgIpc) is 3.02. The molecule has 0 amide bonds. The Bertz CT molecular complexity index is 1210. The fraction of sp³-hybridized carbons (Fsp3) is 0.133. The van der Waals surface area contributed by atoms with Crippen LogP contribution in [0.5, 0.6) is 0 Å². The van der Waals surface area contributed by atoms with Crippen LogP contribution >= 0.6 is 0 Å². The summed E-state index contributed by atoms with van der Waals surface area (Å²) in [5, 5.41) is 0. The van der Waals surface area contributed by atoms with Crippen molar-refractivity contribution < 1.29 is 43.8 Å². The van der Waals surface area contributed by atoms with Gasteiger partial charge in [-0.1, -0.05) is 0 Å². The van der Waals surface area contributed by atoms with E-state index in [-0.39, 0.29) is 6.04 Å². The third-order valence-electron chi connectivity index (χ3n) is 5.14. The average molecular weight is 546 g/mol. The molecule has 0 fully saturated rings. The molecule has 190 valence electrons. The van der Waals surface area contributed by atoms with Crippen molar-refractivity contribution in [3.63, 3.8) is 0 Å². The van der Waals surface area contributed by atoms with Crippen molar-refractivity contribution >= 4 is 16.3 Å². The Hall–Kier alpha value is -3.74. The molecule has 1 aliphatic heterocycles. The number of fused-ring (bicyclic) bond motifs is 1. The minimum atomic E-state index is 0.0767. The van der Waals surface area contributed by atoms with Gasteiger partial charge in [-0.3, -0.25) is 0 Å². The van der Waals surface area contributed by atoms with Gasteiger partial charge in [0.05, 0.1) is 0 Å². The van der Waals surface area contributed by atoms with Crippen LogP contribution in [0.15, 0.2) is 84.4 Å². The van der Waals surface area contributed by atoms with Crippen LogP contribution in [0.3, 0.4) is 0 Å². The molecule has 1 unspecified atom stereocenters. The summed E-state index contributed by atoms with van der Waals surface area (Å²) in [7, 11) is 1.72. The molecule has 0 aromatic heterocycles. The molecule has 0 N–H and O–H groups in total. The fourth-order valence-corrected chi connectivity index (χ4v) is 4.11. The van der Waals surface area contributed by atoms with Gasteiger partial charge in [0.1, 0.15) is 0 Å². The number of hydrogen-bond acceptors (Lipinski definition) is 2. The summed E-state index contributed by atoms with van der Waals surface area (Å²) in [6, 6.07) is 28.0. The van der Waals surface area contributed by atoms with E-state index in [0.717, 1.165) is 16.7 Å². The van der Waals surface area contributed by atoms with Crippen molar-refractivity contribution in [2.45, 2.75) is 19.5 Å². The molecular weight excluding hydrogens is 522 g/mol. The predicted molar refractivity (Wildman–Crippen MR) is 133 cm³/mol. The van der Waals surface area contributed by atoms with Crippen LogP contribution in [0.1, 0.15) is 28.3 Å². The van der Waals surface area contributed by atoms with Crippen molar-refractivity contribution in [1.29, 1.82) is 0 Å². The number of aryl methyl sites for hydroxylation is 1. The molecule has 3 aromatic carbocycles. The number of rotatable bonds is 5. The quantitative estimate of drug-likeness (QED) is 0.321. The second-order valence-electron chi connectivity index (χ2n) is 7.08. The van der Waals surface area contributed by atoms with E-state index in [4.69, 9.17) is 28.0 Å². The minimum absolute atomic E-state index is 0.0767. The number of hydrogen-bond donors (Lipinski definition) is 0. The number of ether oxygens (including phenoxy) is 1. The van der Waals surface area contributed by atoms with E-state index in [1.807, 2.05) is 0 Å². The maximum atomic E-state index is 7.50. The third kappa shape index (κ3) is 10.3. The first-order valence-corrected chi connectivity index (χ1v) is 11.1. The second-order valence-corrected chi connectivity index (χ2v) is 7.66. The zero-order valence-corrected chi connectivity index (χ0v) is 21.9. The second kappa shape index (κ2) is 22.5. The number of methoxy groups -OCH3 is 1. The summed E-state index contributed by atoms with van der Waals surface area (Å²) in [6.45, 7) is 25.5. The van der Waals surface area contributed by atoms with Gasteiger partial charge in [0, 0.05) is 0 Å². The monoisotopic (exact) mass is 545 g/mol. The Kier molecular flexibility index (Phi) is 21.5. The first-order chi connectivity index (χ1) is 18.7. The van der Waals surface area contributed by atoms with E-state index in [1.165, 1.54) is 27.9 Å². The van der Waals surface area contributed by atoms with Gasteiger partial charge in [-0.15, -0.1) is 0 Å². The van der Waals surface area contributed by atoms with Gasteiger partial charge in [0.2, 0.25) is 0 Å². The molecule has 0 aliphatic carbocycles. The van der Waals surface area contributed by atoms with E-state index in [1.54, 1.807) is 7.11 Å². The molecule has 8 heteroatoms. The van der Waals surface area contributed by atoms with Crippen LogP contribution in [0.4, 0.5) is 5.69 Å². The molecule has 4 rings (SSSR count). The molecule has 1 atom stereocenters. The first-order valence-electron chi connectivity index (χ1n) is 10.5. The van der Waals surface area contributed by atoms with Gasteiger partial charge in [-0.05, 0) is 0 Å². The predicted octanol–water partition coefficient (Wildman–Crippen LogP) is 5.28. The Labute approximate surface area is 231 Å². The summed E-state index contributed by atoms with van der Waals surface area (Å²) >= 11 is 3.13. The normalized spacial score (nSPS) is 11.8. The Morgan fingerprint density at radius 1 is 0.789 bits per heavy atom. The van der Waals surface area contributed by atoms with Gasteiger partial charge < -0.3 is 0 Å². The van der Waals surface area contributed by atoms with Crippen molar-refractivity contribution in [3.8, 4) is 0 Å². The molecule has 3 aromatic rings. The third-order valence-corrected chi connectivity index (χ3v) is 5.77. The van der Waals surface area contributed by atoms with Gasteiger partial charge in [0.15, 0.2) is 0 Å². The summed E-state index contributed by atoms with van der Waals surface area (Å²) in [4.78, 5) is 2.48. The van der Waals surface area contributed by atoms with E-state index in [0.29, 0.717) is 0 Å². The molecular formula is C30H23CrNO6. The SMILES string of the molecule is CO[C](=[Cr])C1=Cc2cc(C)ccc2N(Cc2ccccc2)C1c1ccccc1.[C-]#[O+].[C-]#[O+].[C-]#[O+].[C-]#[O+].[C-]#[O+]. The van der Waals surface area contributed by atoms with Crippen LogP contribution in [-0.4, -0.2) is 11.7 Å². The van der Waals surface area contributed by atoms with Crippen LogP contribution in [0, 0.1) is 40.2 Å². The van der Waals surface area contributed by atoms with Crippen molar-refractivity contribution in [3.05, 3.63) is 140 Å².